The van der Waals surface area contributed by atoms with Crippen LogP contribution < -0.4 is 0 Å². The highest BCUT2D eigenvalue weighted by atomic mass is 16.7. The molecular weight excluding hydrogens is 456 g/mol. The van der Waals surface area contributed by atoms with Gasteiger partial charge in [-0.2, -0.15) is 0 Å². The van der Waals surface area contributed by atoms with Gasteiger partial charge in [0.15, 0.2) is 0 Å². The second-order valence-corrected chi connectivity index (χ2v) is 11.8. The molecule has 5 fully saturated rings. The van der Waals surface area contributed by atoms with Crippen molar-refractivity contribution in [1.29, 1.82) is 0 Å². The van der Waals surface area contributed by atoms with Gasteiger partial charge in [-0.15, -0.1) is 0 Å². The molecule has 9 heteroatoms. The number of aliphatic hydroxyl groups is 1. The van der Waals surface area contributed by atoms with Gasteiger partial charge in [0.05, 0.1) is 31.0 Å². The Morgan fingerprint density at radius 1 is 1.17 bits per heavy atom. The normalized spacial score (nSPS) is 49.1. The highest BCUT2D eigenvalue weighted by molar-refractivity contribution is 5.89. The Kier molecular flexibility index (Phi) is 4.21. The van der Waals surface area contributed by atoms with Gasteiger partial charge >= 0.3 is 17.9 Å². The number of ether oxygens (including phenoxy) is 5. The van der Waals surface area contributed by atoms with Crippen LogP contribution in [0.1, 0.15) is 60.8 Å². The molecule has 1 N–H and O–H groups in total. The van der Waals surface area contributed by atoms with Gasteiger partial charge in [0, 0.05) is 11.0 Å². The van der Waals surface area contributed by atoms with E-state index in [1.165, 1.54) is 7.11 Å². The van der Waals surface area contributed by atoms with Crippen molar-refractivity contribution >= 4 is 17.9 Å². The molecule has 190 valence electrons. The zero-order valence-corrected chi connectivity index (χ0v) is 21.1. The van der Waals surface area contributed by atoms with E-state index in [0.717, 1.165) is 22.3 Å². The second-order valence-electron chi connectivity index (χ2n) is 11.8. The predicted octanol–water partition coefficient (Wildman–Crippen LogP) is 2.31. The molecule has 35 heavy (non-hydrogen) atoms. The summed E-state index contributed by atoms with van der Waals surface area (Å²) in [7, 11) is 1.28. The van der Waals surface area contributed by atoms with Gasteiger partial charge in [0.2, 0.25) is 12.1 Å². The second kappa shape index (κ2) is 6.36. The molecule has 0 amide bonds. The SMILES string of the molecule is COC(=O)C12C3C4OC(=O)C3(C)CC13CC(OC2(O)C(C)O4)C(C)=C1C(=C3C)CC(=O)OC1(C)C. The summed E-state index contributed by atoms with van der Waals surface area (Å²) in [6, 6.07) is 0. The Labute approximate surface area is 203 Å². The fraction of sp³-hybridized carbons (Fsp3) is 0.731. The number of allylic oxidation sites excluding steroid dienone is 1. The molecular formula is C26H32O9. The molecule has 2 bridgehead atoms. The van der Waals surface area contributed by atoms with E-state index in [1.54, 1.807) is 13.8 Å². The maximum Gasteiger partial charge on any atom is 0.318 e. The van der Waals surface area contributed by atoms with Crippen LogP contribution in [-0.4, -0.2) is 60.0 Å². The summed E-state index contributed by atoms with van der Waals surface area (Å²) in [5.41, 5.74) is -1.53. The number of esters is 3. The van der Waals surface area contributed by atoms with Crippen LogP contribution in [0.15, 0.2) is 22.3 Å². The number of cyclic esters (lactones) is 1. The fourth-order valence-electron chi connectivity index (χ4n) is 8.85. The van der Waals surface area contributed by atoms with Crippen LogP contribution in [-0.2, 0) is 38.1 Å². The smallest absolute Gasteiger partial charge is 0.318 e. The molecule has 4 heterocycles. The number of hydrogen-bond donors (Lipinski definition) is 1. The molecule has 0 radical (unpaired) electrons. The summed E-state index contributed by atoms with van der Waals surface area (Å²) in [6.45, 7) is 10.9. The minimum absolute atomic E-state index is 0.0351. The molecule has 1 saturated carbocycles. The lowest BCUT2D eigenvalue weighted by atomic mass is 9.49. The quantitative estimate of drug-likeness (QED) is 0.438. The molecule has 2 aliphatic carbocycles. The number of methoxy groups -OCH3 is 1. The third-order valence-electron chi connectivity index (χ3n) is 10.00. The number of carbonyl (C=O) groups is 3. The van der Waals surface area contributed by atoms with Crippen LogP contribution >= 0.6 is 0 Å². The van der Waals surface area contributed by atoms with Gasteiger partial charge in [-0.05, 0) is 65.5 Å². The molecule has 1 spiro atoms. The molecule has 4 aliphatic heterocycles. The lowest BCUT2D eigenvalue weighted by molar-refractivity contribution is -0.420. The first-order chi connectivity index (χ1) is 16.2. The highest BCUT2D eigenvalue weighted by Gasteiger charge is 2.90. The van der Waals surface area contributed by atoms with Crippen LogP contribution in [0.4, 0.5) is 0 Å². The van der Waals surface area contributed by atoms with E-state index in [4.69, 9.17) is 23.7 Å². The fourth-order valence-corrected chi connectivity index (χ4v) is 8.85. The van der Waals surface area contributed by atoms with Crippen molar-refractivity contribution in [3.05, 3.63) is 22.3 Å². The Morgan fingerprint density at radius 3 is 2.51 bits per heavy atom. The average molecular weight is 489 g/mol. The van der Waals surface area contributed by atoms with Gasteiger partial charge in [-0.3, -0.25) is 14.4 Å². The van der Waals surface area contributed by atoms with E-state index in [2.05, 4.69) is 0 Å². The minimum atomic E-state index is -2.11. The van der Waals surface area contributed by atoms with Crippen molar-refractivity contribution in [3.63, 3.8) is 0 Å². The molecule has 0 aromatic rings. The van der Waals surface area contributed by atoms with E-state index < -0.39 is 64.0 Å². The van der Waals surface area contributed by atoms with Crippen molar-refractivity contribution < 1.29 is 43.2 Å². The van der Waals surface area contributed by atoms with Gasteiger partial charge in [-0.1, -0.05) is 5.57 Å². The molecule has 8 unspecified atom stereocenters. The summed E-state index contributed by atoms with van der Waals surface area (Å²) < 4.78 is 29.4. The number of rotatable bonds is 1. The van der Waals surface area contributed by atoms with Crippen LogP contribution in [0.2, 0.25) is 0 Å². The topological polar surface area (TPSA) is 118 Å². The van der Waals surface area contributed by atoms with Crippen LogP contribution in [0.25, 0.3) is 0 Å². The molecule has 9 nitrogen and oxygen atoms in total. The first-order valence-corrected chi connectivity index (χ1v) is 12.2. The van der Waals surface area contributed by atoms with Crippen molar-refractivity contribution in [2.45, 2.75) is 90.7 Å². The first kappa shape index (κ1) is 23.2. The number of carbonyl (C=O) groups excluding carboxylic acids is 3. The van der Waals surface area contributed by atoms with Crippen LogP contribution in [0.3, 0.4) is 0 Å². The maximum absolute atomic E-state index is 14.1. The van der Waals surface area contributed by atoms with Crippen LogP contribution in [0, 0.1) is 22.2 Å². The zero-order valence-electron chi connectivity index (χ0n) is 21.1. The molecule has 4 saturated heterocycles. The number of hydrogen-bond acceptors (Lipinski definition) is 9. The van der Waals surface area contributed by atoms with Crippen molar-refractivity contribution in [1.82, 2.24) is 0 Å². The minimum Gasteiger partial charge on any atom is -0.468 e. The van der Waals surface area contributed by atoms with Crippen LogP contribution in [0.5, 0.6) is 0 Å². The lowest BCUT2D eigenvalue weighted by Crippen LogP contribution is -2.77. The van der Waals surface area contributed by atoms with E-state index >= 15 is 0 Å². The van der Waals surface area contributed by atoms with Crippen molar-refractivity contribution in [2.75, 3.05) is 7.11 Å². The van der Waals surface area contributed by atoms with Crippen molar-refractivity contribution in [2.24, 2.45) is 22.2 Å². The molecule has 8 atom stereocenters. The standard InChI is InChI=1S/C26H32O9/c1-11-15-9-24(12(2)14-8-16(27)35-22(4,5)17(11)14)10-23(6)18-19(33-20(23)28)32-13(3)26(30,34-15)25(18,24)21(29)31-7/h13,15,18-19,30H,8-10H2,1-7H3. The Morgan fingerprint density at radius 2 is 1.86 bits per heavy atom. The van der Waals surface area contributed by atoms with Gasteiger partial charge in [0.25, 0.3) is 0 Å². The number of fused-ring (bicyclic) bond motifs is 2. The lowest BCUT2D eigenvalue weighted by Gasteiger charge is -2.63. The van der Waals surface area contributed by atoms with E-state index in [1.807, 2.05) is 27.7 Å². The molecule has 0 aromatic carbocycles. The Bertz CT molecular complexity index is 1170. The highest BCUT2D eigenvalue weighted by Crippen LogP contribution is 2.80. The van der Waals surface area contributed by atoms with E-state index in [0.29, 0.717) is 6.42 Å². The van der Waals surface area contributed by atoms with E-state index in [9.17, 15) is 19.5 Å². The summed E-state index contributed by atoms with van der Waals surface area (Å²) in [6.07, 6.45) is -2.01. The summed E-state index contributed by atoms with van der Waals surface area (Å²) in [4.78, 5) is 40.2. The van der Waals surface area contributed by atoms with Gasteiger partial charge < -0.3 is 28.8 Å². The zero-order chi connectivity index (χ0) is 25.5. The summed E-state index contributed by atoms with van der Waals surface area (Å²) in [5.74, 6) is -4.44. The largest absolute Gasteiger partial charge is 0.468 e. The van der Waals surface area contributed by atoms with Gasteiger partial charge in [0.1, 0.15) is 17.1 Å². The third kappa shape index (κ3) is 2.21. The monoisotopic (exact) mass is 488 g/mol. The van der Waals surface area contributed by atoms with E-state index in [-0.39, 0.29) is 18.8 Å². The Hall–Kier alpha value is -2.23. The maximum atomic E-state index is 14.1. The summed E-state index contributed by atoms with van der Waals surface area (Å²) >= 11 is 0. The summed E-state index contributed by atoms with van der Waals surface area (Å²) in [5, 5.41) is 12.5. The predicted molar refractivity (Wildman–Crippen MR) is 118 cm³/mol. The average Bonchev–Trinajstić information content (AvgIpc) is 3.13. The molecule has 6 aliphatic rings. The third-order valence-corrected chi connectivity index (χ3v) is 10.00. The molecule has 0 aromatic heterocycles. The Balaban J connectivity index is 1.76. The molecule has 6 rings (SSSR count). The van der Waals surface area contributed by atoms with Crippen molar-refractivity contribution in [3.8, 4) is 0 Å². The van der Waals surface area contributed by atoms with Gasteiger partial charge in [-0.25, -0.2) is 0 Å². The first-order valence-electron chi connectivity index (χ1n) is 12.2.